The van der Waals surface area contributed by atoms with Crippen LogP contribution in [0.5, 0.6) is 0 Å². The van der Waals surface area contributed by atoms with Gasteiger partial charge in [0.2, 0.25) is 5.92 Å². The quantitative estimate of drug-likeness (QED) is 0.614. The van der Waals surface area contributed by atoms with Crippen LogP contribution in [0.1, 0.15) is 36.0 Å². The van der Waals surface area contributed by atoms with Gasteiger partial charge in [-0.1, -0.05) is 12.1 Å². The van der Waals surface area contributed by atoms with Crippen molar-refractivity contribution in [3.63, 3.8) is 0 Å². The molecule has 4 rings (SSSR count). The smallest absolute Gasteiger partial charge is 0.262 e. The summed E-state index contributed by atoms with van der Waals surface area (Å²) in [7, 11) is -2.07. The number of benzene rings is 1. The van der Waals surface area contributed by atoms with Crippen molar-refractivity contribution in [2.24, 2.45) is 7.05 Å². The lowest BCUT2D eigenvalue weighted by Crippen LogP contribution is -2.63. The summed E-state index contributed by atoms with van der Waals surface area (Å²) in [6.45, 7) is 1.08. The number of amides is 1. The number of carbonyl (C=O) groups is 1. The molecule has 0 bridgehead atoms. The highest BCUT2D eigenvalue weighted by atomic mass is 35.5. The minimum Gasteiger partial charge on any atom is -0.350 e. The van der Waals surface area contributed by atoms with Gasteiger partial charge in [0.25, 0.3) is 15.9 Å². The number of aromatic nitrogens is 2. The molecule has 8 nitrogen and oxygen atoms in total. The van der Waals surface area contributed by atoms with Gasteiger partial charge in [-0.25, -0.2) is 26.6 Å². The number of alkyl halides is 2. The molecule has 1 amide bonds. The highest BCUT2D eigenvalue weighted by Crippen LogP contribution is 2.42. The van der Waals surface area contributed by atoms with E-state index in [-0.39, 0.29) is 68.3 Å². The fourth-order valence-electron chi connectivity index (χ4n) is 4.73. The summed E-state index contributed by atoms with van der Waals surface area (Å²) in [5, 5.41) is 2.70. The standard InChI is InChI=1S/C22H28F3N5O3S.ClH/c1-28-14-19(27-16-28)34(32,33)30-12-10-29(11-13-30)21(6-8-22(24,25)9-7-21)15-26-20(31)17-4-2-3-5-18(17)23;/h2-5,14,16H,6-13,15H2,1H3,(H,26,31);1H. The van der Waals surface area contributed by atoms with Gasteiger partial charge in [-0.15, -0.1) is 12.4 Å². The van der Waals surface area contributed by atoms with E-state index in [1.54, 1.807) is 17.7 Å². The second kappa shape index (κ2) is 10.5. The number of nitrogens with zero attached hydrogens (tertiary/aromatic N) is 4. The van der Waals surface area contributed by atoms with Crippen LogP contribution in [0.2, 0.25) is 0 Å². The van der Waals surface area contributed by atoms with Crippen LogP contribution >= 0.6 is 12.4 Å². The third-order valence-electron chi connectivity index (χ3n) is 6.80. The number of piperazine rings is 1. The molecule has 2 heterocycles. The lowest BCUT2D eigenvalue weighted by Gasteiger charge is -2.50. The minimum absolute atomic E-state index is 0. The first-order valence-corrected chi connectivity index (χ1v) is 12.6. The summed E-state index contributed by atoms with van der Waals surface area (Å²) in [5.74, 6) is -4.04. The average Bonchev–Trinajstić information content (AvgIpc) is 3.26. The predicted octanol–water partition coefficient (Wildman–Crippen LogP) is 2.67. The van der Waals surface area contributed by atoms with E-state index in [1.807, 2.05) is 4.90 Å². The molecule has 35 heavy (non-hydrogen) atoms. The summed E-state index contributed by atoms with van der Waals surface area (Å²) in [4.78, 5) is 18.5. The van der Waals surface area contributed by atoms with Crippen molar-refractivity contribution in [3.8, 4) is 0 Å². The first-order valence-electron chi connectivity index (χ1n) is 11.2. The number of rotatable bonds is 6. The Morgan fingerprint density at radius 3 is 2.29 bits per heavy atom. The van der Waals surface area contributed by atoms with Gasteiger partial charge in [-0.05, 0) is 25.0 Å². The van der Waals surface area contributed by atoms with Gasteiger partial charge in [0, 0.05) is 64.3 Å². The lowest BCUT2D eigenvalue weighted by atomic mass is 9.78. The van der Waals surface area contributed by atoms with E-state index in [4.69, 9.17) is 0 Å². The first-order chi connectivity index (χ1) is 16.0. The Morgan fingerprint density at radius 2 is 1.71 bits per heavy atom. The second-order valence-corrected chi connectivity index (χ2v) is 10.9. The number of hydrogen-bond donors (Lipinski definition) is 1. The largest absolute Gasteiger partial charge is 0.350 e. The molecular weight excluding hydrogens is 507 g/mol. The molecule has 1 aliphatic heterocycles. The van der Waals surface area contributed by atoms with Gasteiger partial charge in [0.1, 0.15) is 5.82 Å². The number of nitrogens with one attached hydrogen (secondary N) is 1. The molecule has 1 aromatic heterocycles. The Hall–Kier alpha value is -2.15. The molecule has 1 saturated carbocycles. The average molecular weight is 536 g/mol. The van der Waals surface area contributed by atoms with Crippen LogP contribution in [0.25, 0.3) is 0 Å². The molecule has 1 aliphatic carbocycles. The van der Waals surface area contributed by atoms with E-state index in [9.17, 15) is 26.4 Å². The maximum Gasteiger partial charge on any atom is 0.262 e. The number of imidazole rings is 1. The Kier molecular flexibility index (Phi) is 8.19. The fraction of sp³-hybridized carbons (Fsp3) is 0.545. The molecule has 13 heteroatoms. The van der Waals surface area contributed by atoms with Crippen LogP contribution in [0.3, 0.4) is 0 Å². The Morgan fingerprint density at radius 1 is 1.09 bits per heavy atom. The number of aryl methyl sites for hydroxylation is 1. The maximum absolute atomic E-state index is 14.0. The van der Waals surface area contributed by atoms with Gasteiger partial charge in [-0.2, -0.15) is 4.31 Å². The Balaban J connectivity index is 0.00000342. The molecule has 0 atom stereocenters. The van der Waals surface area contributed by atoms with Gasteiger partial charge < -0.3 is 9.88 Å². The molecule has 2 aromatic rings. The van der Waals surface area contributed by atoms with Crippen molar-refractivity contribution in [1.29, 1.82) is 0 Å². The normalized spacial score (nSPS) is 20.7. The number of hydrogen-bond acceptors (Lipinski definition) is 5. The molecule has 2 aliphatic rings. The van der Waals surface area contributed by atoms with Crippen LogP contribution < -0.4 is 5.32 Å². The zero-order chi connectivity index (χ0) is 24.6. The van der Waals surface area contributed by atoms with Crippen LogP contribution in [0.15, 0.2) is 41.8 Å². The summed E-state index contributed by atoms with van der Waals surface area (Å²) >= 11 is 0. The molecule has 0 radical (unpaired) electrons. The SMILES string of the molecule is Cl.Cn1cnc(S(=O)(=O)N2CCN(C3(CNC(=O)c4ccccc4F)CCC(F)(F)CC3)CC2)c1. The van der Waals surface area contributed by atoms with Crippen LogP contribution in [0.4, 0.5) is 13.2 Å². The van der Waals surface area contributed by atoms with Gasteiger partial charge in [-0.3, -0.25) is 9.69 Å². The van der Waals surface area contributed by atoms with Gasteiger partial charge >= 0.3 is 0 Å². The molecule has 0 unspecified atom stereocenters. The Bertz CT molecular complexity index is 1140. The van der Waals surface area contributed by atoms with E-state index < -0.39 is 33.2 Å². The van der Waals surface area contributed by atoms with Crippen molar-refractivity contribution in [2.75, 3.05) is 32.7 Å². The molecular formula is C22H29ClF3N5O3S. The molecule has 0 spiro atoms. The summed E-state index contributed by atoms with van der Waals surface area (Å²) in [6.07, 6.45) is 2.49. The molecule has 1 saturated heterocycles. The van der Waals surface area contributed by atoms with Gasteiger partial charge in [0.05, 0.1) is 11.9 Å². The van der Waals surface area contributed by atoms with Crippen molar-refractivity contribution in [1.82, 2.24) is 24.1 Å². The van der Waals surface area contributed by atoms with Crippen LogP contribution in [-0.2, 0) is 17.1 Å². The maximum atomic E-state index is 14.0. The summed E-state index contributed by atoms with van der Waals surface area (Å²) < 4.78 is 70.7. The number of carbonyl (C=O) groups excluding carboxylic acids is 1. The van der Waals surface area contributed by atoms with Crippen molar-refractivity contribution < 1.29 is 26.4 Å². The highest BCUT2D eigenvalue weighted by molar-refractivity contribution is 7.89. The van der Waals surface area contributed by atoms with E-state index in [1.165, 1.54) is 35.0 Å². The van der Waals surface area contributed by atoms with Gasteiger partial charge in [0.15, 0.2) is 5.03 Å². The van der Waals surface area contributed by atoms with E-state index >= 15 is 0 Å². The van der Waals surface area contributed by atoms with Crippen molar-refractivity contribution in [3.05, 3.63) is 48.2 Å². The highest BCUT2D eigenvalue weighted by Gasteiger charge is 2.48. The molecule has 1 N–H and O–H groups in total. The Labute approximate surface area is 209 Å². The topological polar surface area (TPSA) is 87.5 Å². The number of sulfonamides is 1. The monoisotopic (exact) mass is 535 g/mol. The van der Waals surface area contributed by atoms with Crippen LogP contribution in [0, 0.1) is 5.82 Å². The zero-order valence-electron chi connectivity index (χ0n) is 19.3. The van der Waals surface area contributed by atoms with E-state index in [2.05, 4.69) is 10.3 Å². The third kappa shape index (κ3) is 5.82. The fourth-order valence-corrected chi connectivity index (χ4v) is 6.12. The van der Waals surface area contributed by atoms with Crippen molar-refractivity contribution in [2.45, 2.75) is 42.2 Å². The first kappa shape index (κ1) is 27.4. The third-order valence-corrected chi connectivity index (χ3v) is 8.59. The minimum atomic E-state index is -3.76. The summed E-state index contributed by atoms with van der Waals surface area (Å²) in [6, 6.07) is 5.59. The molecule has 1 aromatic carbocycles. The lowest BCUT2D eigenvalue weighted by molar-refractivity contribution is -0.0856. The summed E-state index contributed by atoms with van der Waals surface area (Å²) in [5.41, 5.74) is -0.867. The number of halogens is 4. The second-order valence-electron chi connectivity index (χ2n) is 9.01. The van der Waals surface area contributed by atoms with E-state index in [0.29, 0.717) is 13.1 Å². The van der Waals surface area contributed by atoms with E-state index in [0.717, 1.165) is 0 Å². The van der Waals surface area contributed by atoms with Crippen molar-refractivity contribution >= 4 is 28.3 Å². The van der Waals surface area contributed by atoms with Crippen LogP contribution in [-0.4, -0.2) is 77.3 Å². The predicted molar refractivity (Wildman–Crippen MR) is 126 cm³/mol. The zero-order valence-corrected chi connectivity index (χ0v) is 20.9. The molecule has 194 valence electrons. The molecule has 2 fully saturated rings.